The highest BCUT2D eigenvalue weighted by molar-refractivity contribution is 7.70. The average Bonchev–Trinajstić information content (AvgIpc) is 2.72. The molecule has 5 atom stereocenters. The summed E-state index contributed by atoms with van der Waals surface area (Å²) in [5, 5.41) is 6.95. The molecule has 0 spiro atoms. The Bertz CT molecular complexity index is 1060. The van der Waals surface area contributed by atoms with Gasteiger partial charge in [-0.1, -0.05) is 6.42 Å². The van der Waals surface area contributed by atoms with Crippen molar-refractivity contribution in [2.45, 2.75) is 50.7 Å². The maximum atomic E-state index is 13.8. The summed E-state index contributed by atoms with van der Waals surface area (Å²) < 4.78 is 53.5. The molecule has 0 radical (unpaired) electrons. The van der Waals surface area contributed by atoms with Gasteiger partial charge < -0.3 is 15.2 Å². The number of halogens is 3. The van der Waals surface area contributed by atoms with Crippen molar-refractivity contribution in [2.24, 2.45) is 23.7 Å². The fraction of sp³-hybridized carbons (Fsp3) is 0.583. The quantitative estimate of drug-likeness (QED) is 0.508. The van der Waals surface area contributed by atoms with Gasteiger partial charge in [0.25, 0.3) is 0 Å². The van der Waals surface area contributed by atoms with Crippen LogP contribution in [0.25, 0.3) is 0 Å². The minimum absolute atomic E-state index is 0.0152. The molecule has 1 aromatic heterocycles. The van der Waals surface area contributed by atoms with Gasteiger partial charge in [0.2, 0.25) is 5.95 Å². The molecule has 178 valence electrons. The predicted molar refractivity (Wildman–Crippen MR) is 125 cm³/mol. The molecule has 0 amide bonds. The van der Waals surface area contributed by atoms with Gasteiger partial charge in [0, 0.05) is 23.2 Å². The van der Waals surface area contributed by atoms with Crippen molar-refractivity contribution in [1.29, 1.82) is 0 Å². The first-order valence-corrected chi connectivity index (χ1v) is 14.3. The van der Waals surface area contributed by atoms with Gasteiger partial charge in [-0.15, -0.1) is 0 Å². The second kappa shape index (κ2) is 8.30. The van der Waals surface area contributed by atoms with E-state index in [1.165, 1.54) is 25.7 Å². The van der Waals surface area contributed by atoms with Gasteiger partial charge in [0.1, 0.15) is 18.5 Å². The lowest BCUT2D eigenvalue weighted by molar-refractivity contribution is -0.137. The smallest absolute Gasteiger partial charge is 0.366 e. The zero-order valence-corrected chi connectivity index (χ0v) is 19.8. The Balaban J connectivity index is 1.40. The third kappa shape index (κ3) is 4.77. The van der Waals surface area contributed by atoms with E-state index in [2.05, 4.69) is 20.6 Å². The second-order valence-electron chi connectivity index (χ2n) is 10.4. The van der Waals surface area contributed by atoms with Crippen molar-refractivity contribution in [3.8, 4) is 0 Å². The van der Waals surface area contributed by atoms with Crippen LogP contribution in [0.15, 0.2) is 30.5 Å². The Morgan fingerprint density at radius 1 is 1.00 bits per heavy atom. The molecular weight excluding hydrogens is 448 g/mol. The van der Waals surface area contributed by atoms with E-state index in [1.807, 2.05) is 0 Å². The van der Waals surface area contributed by atoms with Gasteiger partial charge >= 0.3 is 6.18 Å². The molecular formula is C24H30F3N4OP. The lowest BCUT2D eigenvalue weighted by Crippen LogP contribution is -2.48. The van der Waals surface area contributed by atoms with Gasteiger partial charge in [0.05, 0.1) is 0 Å². The number of nitrogens with zero attached hydrogens (tertiary/aromatic N) is 2. The van der Waals surface area contributed by atoms with E-state index in [9.17, 15) is 17.7 Å². The molecule has 2 N–H and O–H groups in total. The summed E-state index contributed by atoms with van der Waals surface area (Å²) >= 11 is 0. The van der Waals surface area contributed by atoms with E-state index < -0.39 is 18.9 Å². The molecule has 3 bridgehead atoms. The minimum Gasteiger partial charge on any atom is -0.366 e. The van der Waals surface area contributed by atoms with Crippen LogP contribution in [-0.4, -0.2) is 29.3 Å². The Morgan fingerprint density at radius 2 is 1.73 bits per heavy atom. The molecule has 0 saturated heterocycles. The SMILES string of the molecule is CP(C)(=O)c1ccc(Nc2ncc(C(F)(F)F)c(NC3CC4CC5CCC3C(C5)C4)n2)cc1. The van der Waals surface area contributed by atoms with Crippen LogP contribution in [0.1, 0.15) is 44.1 Å². The second-order valence-corrected chi connectivity index (χ2v) is 13.6. The zero-order valence-electron chi connectivity index (χ0n) is 18.9. The third-order valence-electron chi connectivity index (χ3n) is 7.72. The van der Waals surface area contributed by atoms with Crippen LogP contribution in [-0.2, 0) is 10.7 Å². The largest absolute Gasteiger partial charge is 0.421 e. The highest BCUT2D eigenvalue weighted by Crippen LogP contribution is 2.53. The van der Waals surface area contributed by atoms with Gasteiger partial charge in [0.15, 0.2) is 0 Å². The van der Waals surface area contributed by atoms with Crippen LogP contribution < -0.4 is 15.9 Å². The number of hydrogen-bond acceptors (Lipinski definition) is 5. The van der Waals surface area contributed by atoms with Gasteiger partial charge in [-0.05, 0) is 93.4 Å². The molecule has 5 rings (SSSR count). The molecule has 3 aliphatic rings. The number of benzene rings is 1. The summed E-state index contributed by atoms with van der Waals surface area (Å²) in [5.41, 5.74) is -0.200. The molecule has 5 unspecified atom stereocenters. The number of hydrogen-bond donors (Lipinski definition) is 2. The Hall–Kier alpha value is -2.08. The van der Waals surface area contributed by atoms with Crippen molar-refractivity contribution < 1.29 is 17.7 Å². The summed E-state index contributed by atoms with van der Waals surface area (Å²) in [6.45, 7) is 3.39. The summed E-state index contributed by atoms with van der Waals surface area (Å²) in [7, 11) is -2.38. The van der Waals surface area contributed by atoms with E-state index in [0.29, 0.717) is 23.4 Å². The van der Waals surface area contributed by atoms with Crippen LogP contribution in [0, 0.1) is 23.7 Å². The van der Waals surface area contributed by atoms with E-state index >= 15 is 0 Å². The number of anilines is 3. The molecule has 33 heavy (non-hydrogen) atoms. The fourth-order valence-corrected chi connectivity index (χ4v) is 7.12. The van der Waals surface area contributed by atoms with Crippen molar-refractivity contribution in [1.82, 2.24) is 9.97 Å². The number of fused-ring (bicyclic) bond motifs is 2. The van der Waals surface area contributed by atoms with Gasteiger partial charge in [-0.2, -0.15) is 18.2 Å². The Morgan fingerprint density at radius 3 is 2.42 bits per heavy atom. The Kier molecular flexibility index (Phi) is 5.71. The molecule has 1 aromatic carbocycles. The molecule has 5 nitrogen and oxygen atoms in total. The first-order chi connectivity index (χ1) is 15.6. The Labute approximate surface area is 192 Å². The van der Waals surface area contributed by atoms with E-state index in [1.54, 1.807) is 37.6 Å². The molecule has 3 aliphatic carbocycles. The number of aromatic nitrogens is 2. The molecule has 3 saturated carbocycles. The number of nitrogens with one attached hydrogen (secondary N) is 2. The summed E-state index contributed by atoms with van der Waals surface area (Å²) in [6, 6.07) is 7.00. The summed E-state index contributed by atoms with van der Waals surface area (Å²) in [6.07, 6.45) is 3.17. The normalized spacial score (nSPS) is 29.1. The first-order valence-electron chi connectivity index (χ1n) is 11.7. The lowest BCUT2D eigenvalue weighted by Gasteiger charge is -2.52. The van der Waals surface area contributed by atoms with Crippen LogP contribution in [0.3, 0.4) is 0 Å². The average molecular weight is 478 g/mol. The van der Waals surface area contributed by atoms with Gasteiger partial charge in [-0.25, -0.2) is 4.98 Å². The van der Waals surface area contributed by atoms with Crippen molar-refractivity contribution in [3.63, 3.8) is 0 Å². The standard InChI is InChI=1S/C24H30F3N4OP/c1-33(2,32)18-6-4-17(5-7-18)29-23-28-13-20(24(25,26)27)22(31-23)30-21-12-15-9-14-3-8-19(21)16(10-14)11-15/h4-7,13-16,19,21H,3,8-12H2,1-2H3,(H2,28,29,30,31). The van der Waals surface area contributed by atoms with Crippen molar-refractivity contribution >= 4 is 29.9 Å². The maximum absolute atomic E-state index is 13.8. The van der Waals surface area contributed by atoms with Crippen LogP contribution in [0.5, 0.6) is 0 Å². The predicted octanol–water partition coefficient (Wildman–Crippen LogP) is 6.11. The maximum Gasteiger partial charge on any atom is 0.421 e. The zero-order chi connectivity index (χ0) is 23.4. The van der Waals surface area contributed by atoms with Crippen molar-refractivity contribution in [2.75, 3.05) is 24.0 Å². The summed E-state index contributed by atoms with van der Waals surface area (Å²) in [4.78, 5) is 8.20. The van der Waals surface area contributed by atoms with Gasteiger partial charge in [-0.3, -0.25) is 0 Å². The van der Waals surface area contributed by atoms with Crippen LogP contribution >= 0.6 is 7.14 Å². The molecule has 1 heterocycles. The molecule has 9 heteroatoms. The summed E-state index contributed by atoms with van der Waals surface area (Å²) in [5.74, 6) is 2.41. The highest BCUT2D eigenvalue weighted by Gasteiger charge is 2.46. The van der Waals surface area contributed by atoms with Crippen molar-refractivity contribution in [3.05, 3.63) is 36.0 Å². The highest BCUT2D eigenvalue weighted by atomic mass is 31.2. The molecule has 2 aromatic rings. The topological polar surface area (TPSA) is 66.9 Å². The molecule has 0 aliphatic heterocycles. The third-order valence-corrected chi connectivity index (χ3v) is 9.26. The number of alkyl halides is 3. The fourth-order valence-electron chi connectivity index (χ4n) is 6.26. The van der Waals surface area contributed by atoms with Crippen LogP contribution in [0.4, 0.5) is 30.6 Å². The number of rotatable bonds is 5. The van der Waals surface area contributed by atoms with E-state index in [0.717, 1.165) is 30.3 Å². The molecule has 3 fully saturated rings. The monoisotopic (exact) mass is 478 g/mol. The minimum atomic E-state index is -4.53. The van der Waals surface area contributed by atoms with E-state index in [4.69, 9.17) is 0 Å². The van der Waals surface area contributed by atoms with Crippen LogP contribution in [0.2, 0.25) is 0 Å². The first kappa shape index (κ1) is 22.7. The van der Waals surface area contributed by atoms with E-state index in [-0.39, 0.29) is 17.8 Å². The lowest BCUT2D eigenvalue weighted by atomic mass is 9.56.